The Labute approximate surface area is 193 Å². The van der Waals surface area contributed by atoms with E-state index in [1.807, 2.05) is 24.3 Å². The Balaban J connectivity index is 1.59. The van der Waals surface area contributed by atoms with Crippen molar-refractivity contribution in [2.75, 3.05) is 25.5 Å². The molecule has 3 aromatic rings. The van der Waals surface area contributed by atoms with Gasteiger partial charge in [-0.3, -0.25) is 14.7 Å². The summed E-state index contributed by atoms with van der Waals surface area (Å²) in [5.74, 6) is -0.281. The molecule has 4 rings (SSSR count). The van der Waals surface area contributed by atoms with Crippen molar-refractivity contribution >= 4 is 28.5 Å². The van der Waals surface area contributed by atoms with Crippen LogP contribution in [0, 0.1) is 0 Å². The van der Waals surface area contributed by atoms with Crippen LogP contribution < -0.4 is 10.1 Å². The number of anilines is 1. The molecular weight excluding hydrogens is 418 g/mol. The van der Waals surface area contributed by atoms with Crippen molar-refractivity contribution in [3.8, 4) is 5.75 Å². The number of nitrogens with zero attached hydrogens (tertiary/aromatic N) is 2. The van der Waals surface area contributed by atoms with E-state index in [9.17, 15) is 9.59 Å². The number of esters is 1. The first-order valence-electron chi connectivity index (χ1n) is 11.3. The number of fused-ring (bicyclic) bond motifs is 2. The highest BCUT2D eigenvalue weighted by molar-refractivity contribution is 6.06. The Morgan fingerprint density at radius 3 is 2.79 bits per heavy atom. The quantitative estimate of drug-likeness (QED) is 0.547. The number of carbonyl (C=O) groups is 2. The molecule has 1 N–H and O–H groups in total. The minimum atomic E-state index is -0.971. The number of hydrogen-bond acceptors (Lipinski definition) is 6. The molecule has 7 heteroatoms. The predicted octanol–water partition coefficient (Wildman–Crippen LogP) is 4.20. The zero-order valence-corrected chi connectivity index (χ0v) is 19.3. The lowest BCUT2D eigenvalue weighted by molar-refractivity contribution is -0.123. The molecule has 0 saturated heterocycles. The second-order valence-corrected chi connectivity index (χ2v) is 8.22. The van der Waals surface area contributed by atoms with E-state index in [1.54, 1.807) is 38.3 Å². The van der Waals surface area contributed by atoms with Crippen molar-refractivity contribution in [1.29, 1.82) is 0 Å². The first-order valence-corrected chi connectivity index (χ1v) is 11.3. The minimum Gasteiger partial charge on any atom is -0.497 e. The lowest BCUT2D eigenvalue weighted by atomic mass is 9.95. The zero-order valence-electron chi connectivity index (χ0n) is 19.3. The maximum absolute atomic E-state index is 13.4. The van der Waals surface area contributed by atoms with Crippen LogP contribution in [-0.2, 0) is 22.5 Å². The van der Waals surface area contributed by atoms with Crippen molar-refractivity contribution in [1.82, 2.24) is 9.88 Å². The fourth-order valence-electron chi connectivity index (χ4n) is 4.20. The third kappa shape index (κ3) is 4.98. The average Bonchev–Trinajstić information content (AvgIpc) is 2.82. The van der Waals surface area contributed by atoms with E-state index in [0.29, 0.717) is 23.5 Å². The maximum Gasteiger partial charge on any atom is 0.339 e. The summed E-state index contributed by atoms with van der Waals surface area (Å²) in [5.41, 5.74) is 3.68. The summed E-state index contributed by atoms with van der Waals surface area (Å²) in [6.07, 6.45) is 0.853. The van der Waals surface area contributed by atoms with E-state index in [4.69, 9.17) is 14.5 Å². The summed E-state index contributed by atoms with van der Waals surface area (Å²) in [5, 5.41) is 3.53. The smallest absolute Gasteiger partial charge is 0.339 e. The number of pyridine rings is 1. The third-order valence-electron chi connectivity index (χ3n) is 5.86. The molecule has 33 heavy (non-hydrogen) atoms. The number of carbonyl (C=O) groups excluding carboxylic acids is 2. The predicted molar refractivity (Wildman–Crippen MR) is 128 cm³/mol. The van der Waals surface area contributed by atoms with E-state index >= 15 is 0 Å². The van der Waals surface area contributed by atoms with Gasteiger partial charge in [0.25, 0.3) is 5.91 Å². The fourth-order valence-corrected chi connectivity index (χ4v) is 4.20. The van der Waals surface area contributed by atoms with Gasteiger partial charge >= 0.3 is 5.97 Å². The van der Waals surface area contributed by atoms with Gasteiger partial charge in [0.15, 0.2) is 6.10 Å². The number of methoxy groups -OCH3 is 1. The zero-order chi connectivity index (χ0) is 23.4. The van der Waals surface area contributed by atoms with Crippen LogP contribution in [0.3, 0.4) is 0 Å². The highest BCUT2D eigenvalue weighted by atomic mass is 16.5. The number of aromatic nitrogens is 1. The SMILES string of the molecule is CCCN1CCc2nc3ccccc3c(C(=O)OC(C)C(=O)Nc3cccc(OC)c3)c2C1. The van der Waals surface area contributed by atoms with Crippen molar-refractivity contribution in [2.24, 2.45) is 0 Å². The number of para-hydroxylation sites is 1. The van der Waals surface area contributed by atoms with Gasteiger partial charge in [-0.05, 0) is 38.1 Å². The van der Waals surface area contributed by atoms with Crippen molar-refractivity contribution in [3.63, 3.8) is 0 Å². The monoisotopic (exact) mass is 447 g/mol. The van der Waals surface area contributed by atoms with Crippen molar-refractivity contribution in [2.45, 2.75) is 39.3 Å². The second kappa shape index (κ2) is 10.0. The first kappa shape index (κ1) is 22.7. The number of hydrogen-bond donors (Lipinski definition) is 1. The van der Waals surface area contributed by atoms with Crippen LogP contribution in [-0.4, -0.2) is 48.1 Å². The van der Waals surface area contributed by atoms with Crippen molar-refractivity contribution in [3.05, 3.63) is 65.4 Å². The van der Waals surface area contributed by atoms with Crippen LogP contribution in [0.1, 0.15) is 41.9 Å². The Morgan fingerprint density at radius 1 is 1.18 bits per heavy atom. The molecule has 1 aromatic heterocycles. The molecule has 1 aliphatic heterocycles. The molecule has 1 aliphatic rings. The van der Waals surface area contributed by atoms with Gasteiger partial charge in [-0.1, -0.05) is 31.2 Å². The Bertz CT molecular complexity index is 1180. The van der Waals surface area contributed by atoms with E-state index in [2.05, 4.69) is 17.1 Å². The number of nitrogens with one attached hydrogen (secondary N) is 1. The van der Waals surface area contributed by atoms with Crippen LogP contribution in [0.5, 0.6) is 5.75 Å². The lowest BCUT2D eigenvalue weighted by Gasteiger charge is -2.29. The summed E-state index contributed by atoms with van der Waals surface area (Å²) >= 11 is 0. The van der Waals surface area contributed by atoms with Gasteiger partial charge in [0.05, 0.1) is 18.2 Å². The molecule has 1 amide bonds. The molecule has 0 saturated carbocycles. The Morgan fingerprint density at radius 2 is 2.00 bits per heavy atom. The molecule has 0 fully saturated rings. The summed E-state index contributed by atoms with van der Waals surface area (Å²) in [4.78, 5) is 33.3. The molecule has 2 heterocycles. The summed E-state index contributed by atoms with van der Waals surface area (Å²) in [7, 11) is 1.56. The van der Waals surface area contributed by atoms with Crippen LogP contribution in [0.25, 0.3) is 10.9 Å². The van der Waals surface area contributed by atoms with Gasteiger partial charge in [-0.2, -0.15) is 0 Å². The largest absolute Gasteiger partial charge is 0.497 e. The molecule has 2 aromatic carbocycles. The average molecular weight is 448 g/mol. The molecule has 1 atom stereocenters. The number of rotatable bonds is 7. The van der Waals surface area contributed by atoms with Gasteiger partial charge in [-0.15, -0.1) is 0 Å². The normalized spacial score (nSPS) is 14.4. The molecule has 0 bridgehead atoms. The number of amides is 1. The minimum absolute atomic E-state index is 0.406. The van der Waals surface area contributed by atoms with Crippen LogP contribution >= 0.6 is 0 Å². The number of ether oxygens (including phenoxy) is 2. The van der Waals surface area contributed by atoms with Gasteiger partial charge < -0.3 is 14.8 Å². The number of benzene rings is 2. The van der Waals surface area contributed by atoms with E-state index in [-0.39, 0.29) is 0 Å². The standard InChI is InChI=1S/C26H29N3O4/c1-4-13-29-14-12-23-21(16-29)24(20-10-5-6-11-22(20)28-23)26(31)33-17(2)25(30)27-18-8-7-9-19(15-18)32-3/h5-11,15,17H,4,12-14,16H2,1-3H3,(H,27,30). The molecule has 0 spiro atoms. The second-order valence-electron chi connectivity index (χ2n) is 8.22. The fraction of sp³-hybridized carbons (Fsp3) is 0.346. The first-order chi connectivity index (χ1) is 16.0. The van der Waals surface area contributed by atoms with Crippen LogP contribution in [0.4, 0.5) is 5.69 Å². The molecular formula is C26H29N3O4. The van der Waals surface area contributed by atoms with E-state index in [0.717, 1.165) is 48.1 Å². The highest BCUT2D eigenvalue weighted by Crippen LogP contribution is 2.29. The topological polar surface area (TPSA) is 80.8 Å². The molecule has 172 valence electrons. The van der Waals surface area contributed by atoms with Gasteiger partial charge in [-0.25, -0.2) is 4.79 Å². The lowest BCUT2D eigenvalue weighted by Crippen LogP contribution is -2.34. The third-order valence-corrected chi connectivity index (χ3v) is 5.86. The highest BCUT2D eigenvalue weighted by Gasteiger charge is 2.28. The van der Waals surface area contributed by atoms with E-state index < -0.39 is 18.0 Å². The summed E-state index contributed by atoms with van der Waals surface area (Å²) < 4.78 is 10.9. The van der Waals surface area contributed by atoms with Gasteiger partial charge in [0.2, 0.25) is 0 Å². The Kier molecular flexibility index (Phi) is 6.89. The maximum atomic E-state index is 13.4. The van der Waals surface area contributed by atoms with Gasteiger partial charge in [0.1, 0.15) is 5.75 Å². The molecule has 7 nitrogen and oxygen atoms in total. The Hall–Kier alpha value is -3.45. The summed E-state index contributed by atoms with van der Waals surface area (Å²) in [6, 6.07) is 14.6. The molecule has 0 aliphatic carbocycles. The molecule has 1 unspecified atom stereocenters. The summed E-state index contributed by atoms with van der Waals surface area (Å²) in [6.45, 7) is 6.24. The molecule has 0 radical (unpaired) electrons. The van der Waals surface area contributed by atoms with E-state index in [1.165, 1.54) is 0 Å². The van der Waals surface area contributed by atoms with Gasteiger partial charge in [0, 0.05) is 47.9 Å². The van der Waals surface area contributed by atoms with Crippen LogP contribution in [0.15, 0.2) is 48.5 Å². The van der Waals surface area contributed by atoms with Crippen molar-refractivity contribution < 1.29 is 19.1 Å². The van der Waals surface area contributed by atoms with Crippen LogP contribution in [0.2, 0.25) is 0 Å².